The molecule has 23 heavy (non-hydrogen) atoms. The molecule has 0 aromatic carbocycles. The quantitative estimate of drug-likeness (QED) is 0.469. The van der Waals surface area contributed by atoms with Crippen molar-refractivity contribution < 1.29 is 43.6 Å². The molecule has 3 atom stereocenters. The lowest BCUT2D eigenvalue weighted by Gasteiger charge is -2.18. The monoisotopic (exact) mass is 330 g/mol. The number of ether oxygens (including phenoxy) is 3. The first-order valence-corrected chi connectivity index (χ1v) is 6.92. The lowest BCUT2D eigenvalue weighted by atomic mass is 10.1. The largest absolute Gasteiger partial charge is 0.481 e. The van der Waals surface area contributed by atoms with Crippen LogP contribution in [0.25, 0.3) is 0 Å². The number of hydrogen-bond acceptors (Lipinski definition) is 7. The molecule has 9 heteroatoms. The van der Waals surface area contributed by atoms with Crippen LogP contribution < -0.4 is 0 Å². The minimum Gasteiger partial charge on any atom is -0.481 e. The topological polar surface area (TPSA) is 136 Å². The molecule has 1 aliphatic rings. The van der Waals surface area contributed by atoms with Crippen LogP contribution in [0, 0.1) is 0 Å². The molecule has 9 nitrogen and oxygen atoms in total. The fourth-order valence-corrected chi connectivity index (χ4v) is 1.93. The highest BCUT2D eigenvalue weighted by atomic mass is 16.6. The third-order valence-electron chi connectivity index (χ3n) is 3.02. The van der Waals surface area contributed by atoms with Gasteiger partial charge in [0.05, 0.1) is 25.6 Å². The van der Waals surface area contributed by atoms with Gasteiger partial charge in [-0.1, -0.05) is 0 Å². The highest BCUT2D eigenvalue weighted by molar-refractivity contribution is 5.90. The Morgan fingerprint density at radius 1 is 1.22 bits per heavy atom. The lowest BCUT2D eigenvalue weighted by molar-refractivity contribution is -0.156. The summed E-state index contributed by atoms with van der Waals surface area (Å²) >= 11 is 0. The molecule has 0 saturated carbocycles. The summed E-state index contributed by atoms with van der Waals surface area (Å²) < 4.78 is 15.4. The van der Waals surface area contributed by atoms with Crippen molar-refractivity contribution in [1.29, 1.82) is 0 Å². The van der Waals surface area contributed by atoms with Gasteiger partial charge in [-0.3, -0.25) is 9.59 Å². The number of carbonyl (C=O) groups is 4. The van der Waals surface area contributed by atoms with E-state index in [4.69, 9.17) is 24.4 Å². The molecule has 0 radical (unpaired) electrons. The molecule has 1 rings (SSSR count). The summed E-state index contributed by atoms with van der Waals surface area (Å²) in [5.74, 6) is -3.79. The van der Waals surface area contributed by atoms with Gasteiger partial charge in [-0.15, -0.1) is 0 Å². The van der Waals surface area contributed by atoms with Crippen molar-refractivity contribution in [2.75, 3.05) is 6.61 Å². The van der Waals surface area contributed by atoms with Crippen LogP contribution in [0.2, 0.25) is 0 Å². The van der Waals surface area contributed by atoms with E-state index in [-0.39, 0.29) is 19.4 Å². The maximum atomic E-state index is 11.4. The molecule has 1 heterocycles. The number of carbonyl (C=O) groups excluding carboxylic acids is 2. The molecule has 0 aliphatic carbocycles. The van der Waals surface area contributed by atoms with E-state index < -0.39 is 42.2 Å². The van der Waals surface area contributed by atoms with Gasteiger partial charge in [0.25, 0.3) is 0 Å². The third-order valence-corrected chi connectivity index (χ3v) is 3.02. The second-order valence-electron chi connectivity index (χ2n) is 4.93. The van der Waals surface area contributed by atoms with Gasteiger partial charge in [0, 0.05) is 18.6 Å². The van der Waals surface area contributed by atoms with Crippen molar-refractivity contribution >= 4 is 23.9 Å². The molecule has 1 saturated heterocycles. The van der Waals surface area contributed by atoms with Crippen LogP contribution in [-0.2, 0) is 33.4 Å². The van der Waals surface area contributed by atoms with Gasteiger partial charge in [0.1, 0.15) is 12.2 Å². The highest BCUT2D eigenvalue weighted by Gasteiger charge is 2.33. The van der Waals surface area contributed by atoms with E-state index in [1.807, 2.05) is 0 Å². The molecule has 0 spiro atoms. The van der Waals surface area contributed by atoms with Gasteiger partial charge in [-0.25, -0.2) is 9.59 Å². The van der Waals surface area contributed by atoms with Gasteiger partial charge in [-0.05, 0) is 6.92 Å². The zero-order valence-corrected chi connectivity index (χ0v) is 12.5. The van der Waals surface area contributed by atoms with Crippen molar-refractivity contribution in [3.8, 4) is 0 Å². The van der Waals surface area contributed by atoms with E-state index in [2.05, 4.69) is 0 Å². The summed E-state index contributed by atoms with van der Waals surface area (Å²) in [7, 11) is 0. The zero-order valence-electron chi connectivity index (χ0n) is 12.5. The summed E-state index contributed by atoms with van der Waals surface area (Å²) in [6.45, 7) is 1.70. The summed E-state index contributed by atoms with van der Waals surface area (Å²) in [5.41, 5.74) is 0. The number of carboxylic acids is 2. The molecule has 0 aromatic heterocycles. The van der Waals surface area contributed by atoms with Crippen LogP contribution in [0.4, 0.5) is 0 Å². The van der Waals surface area contributed by atoms with E-state index in [0.717, 1.165) is 6.08 Å². The second kappa shape index (κ2) is 8.89. The fraction of sp³-hybridized carbons (Fsp3) is 0.571. The molecular weight excluding hydrogens is 312 g/mol. The maximum absolute atomic E-state index is 11.4. The average molecular weight is 330 g/mol. The van der Waals surface area contributed by atoms with E-state index in [0.29, 0.717) is 12.5 Å². The van der Waals surface area contributed by atoms with Crippen LogP contribution in [0.5, 0.6) is 0 Å². The number of rotatable bonds is 8. The molecular formula is C14H18O9. The van der Waals surface area contributed by atoms with E-state index in [1.165, 1.54) is 0 Å². The van der Waals surface area contributed by atoms with Crippen molar-refractivity contribution in [2.45, 2.75) is 44.5 Å². The van der Waals surface area contributed by atoms with Gasteiger partial charge in [-0.2, -0.15) is 0 Å². The van der Waals surface area contributed by atoms with Crippen LogP contribution in [0.3, 0.4) is 0 Å². The SMILES string of the molecule is C[C@@H](OC(=O)CCC(=O)O)[C@@H]1C[C@@H](OC(=O)/C=C\C(=O)O)CO1. The number of carboxylic acid groups (broad SMARTS) is 2. The number of aliphatic carboxylic acids is 2. The standard InChI is InChI=1S/C14H18O9/c1-8(22-13(19)4-2-11(15)16)10-6-9(7-21-10)23-14(20)5-3-12(17)18/h3,5,8-10H,2,4,6-7H2,1H3,(H,15,16)(H,17,18)/b5-3-/t8-,9-,10+/m1/s1. The third kappa shape index (κ3) is 7.41. The maximum Gasteiger partial charge on any atom is 0.331 e. The Balaban J connectivity index is 2.35. The summed E-state index contributed by atoms with van der Waals surface area (Å²) in [4.78, 5) is 43.4. The number of esters is 2. The van der Waals surface area contributed by atoms with Crippen molar-refractivity contribution in [3.05, 3.63) is 12.2 Å². The number of hydrogen-bond donors (Lipinski definition) is 2. The fourth-order valence-electron chi connectivity index (χ4n) is 1.93. The summed E-state index contributed by atoms with van der Waals surface area (Å²) in [6.07, 6.45) is -0.448. The van der Waals surface area contributed by atoms with E-state index in [1.54, 1.807) is 6.92 Å². The Hall–Kier alpha value is -2.42. The van der Waals surface area contributed by atoms with Crippen LogP contribution in [0.15, 0.2) is 12.2 Å². The molecule has 2 N–H and O–H groups in total. The predicted molar refractivity (Wildman–Crippen MR) is 73.4 cm³/mol. The van der Waals surface area contributed by atoms with Crippen LogP contribution in [-0.4, -0.2) is 59.0 Å². The molecule has 0 aromatic rings. The van der Waals surface area contributed by atoms with E-state index >= 15 is 0 Å². The van der Waals surface area contributed by atoms with E-state index in [9.17, 15) is 19.2 Å². The Bertz CT molecular complexity index is 496. The van der Waals surface area contributed by atoms with Crippen molar-refractivity contribution in [2.24, 2.45) is 0 Å². The first kappa shape index (κ1) is 18.6. The van der Waals surface area contributed by atoms with Gasteiger partial charge >= 0.3 is 23.9 Å². The van der Waals surface area contributed by atoms with Crippen LogP contribution in [0.1, 0.15) is 26.2 Å². The first-order chi connectivity index (χ1) is 10.8. The Kier molecular flexibility index (Phi) is 7.20. The molecule has 0 bridgehead atoms. The Morgan fingerprint density at radius 2 is 1.91 bits per heavy atom. The van der Waals surface area contributed by atoms with Crippen molar-refractivity contribution in [1.82, 2.24) is 0 Å². The smallest absolute Gasteiger partial charge is 0.331 e. The molecule has 0 unspecified atom stereocenters. The van der Waals surface area contributed by atoms with Crippen molar-refractivity contribution in [3.63, 3.8) is 0 Å². The molecule has 1 aliphatic heterocycles. The molecule has 128 valence electrons. The summed E-state index contributed by atoms with van der Waals surface area (Å²) in [6, 6.07) is 0. The zero-order chi connectivity index (χ0) is 17.4. The minimum absolute atomic E-state index is 0.105. The predicted octanol–water partition coefficient (Wildman–Crippen LogP) is 0.124. The van der Waals surface area contributed by atoms with Gasteiger partial charge < -0.3 is 24.4 Å². The van der Waals surface area contributed by atoms with Gasteiger partial charge in [0.2, 0.25) is 0 Å². The van der Waals surface area contributed by atoms with Crippen LogP contribution >= 0.6 is 0 Å². The normalized spacial score (nSPS) is 21.8. The second-order valence-corrected chi connectivity index (χ2v) is 4.93. The molecule has 0 amide bonds. The molecule has 1 fully saturated rings. The summed E-state index contributed by atoms with van der Waals surface area (Å²) in [5, 5.41) is 16.9. The first-order valence-electron chi connectivity index (χ1n) is 6.92. The average Bonchev–Trinajstić information content (AvgIpc) is 2.91. The minimum atomic E-state index is -1.26. The lowest BCUT2D eigenvalue weighted by Crippen LogP contribution is -2.29. The Labute approximate surface area is 131 Å². The van der Waals surface area contributed by atoms with Gasteiger partial charge in [0.15, 0.2) is 0 Å². The Morgan fingerprint density at radius 3 is 2.52 bits per heavy atom. The highest BCUT2D eigenvalue weighted by Crippen LogP contribution is 2.21.